The fourth-order valence-corrected chi connectivity index (χ4v) is 2.04. The minimum absolute atomic E-state index is 0.104. The summed E-state index contributed by atoms with van der Waals surface area (Å²) in [5.74, 6) is 0.621. The van der Waals surface area contributed by atoms with Gasteiger partial charge in [0.05, 0.1) is 6.61 Å². The first-order valence-corrected chi connectivity index (χ1v) is 6.54. The van der Waals surface area contributed by atoms with Crippen molar-refractivity contribution in [3.63, 3.8) is 0 Å². The highest BCUT2D eigenvalue weighted by atomic mass is 16.3. The average molecular weight is 240 g/mol. The van der Waals surface area contributed by atoms with Crippen LogP contribution in [0.1, 0.15) is 37.3 Å². The van der Waals surface area contributed by atoms with E-state index in [1.165, 1.54) is 23.1 Å². The number of aliphatic hydroxyl groups is 1. The van der Waals surface area contributed by atoms with Gasteiger partial charge in [0, 0.05) is 0 Å². The molecule has 2 aromatic rings. The molecule has 1 heteroatoms. The molecule has 0 aliphatic heterocycles. The summed E-state index contributed by atoms with van der Waals surface area (Å²) in [4.78, 5) is 0. The monoisotopic (exact) mass is 240 g/mol. The van der Waals surface area contributed by atoms with Crippen molar-refractivity contribution in [3.05, 3.63) is 59.7 Å². The number of aliphatic hydroxyl groups excluding tert-OH is 1. The molecule has 0 saturated heterocycles. The molecule has 0 saturated carbocycles. The van der Waals surface area contributed by atoms with E-state index < -0.39 is 0 Å². The Hall–Kier alpha value is -1.60. The van der Waals surface area contributed by atoms with Gasteiger partial charge in [-0.15, -0.1) is 0 Å². The molecule has 0 aromatic heterocycles. The summed E-state index contributed by atoms with van der Waals surface area (Å²) in [6.45, 7) is 4.57. The van der Waals surface area contributed by atoms with Crippen LogP contribution in [-0.2, 0) is 6.61 Å². The first-order chi connectivity index (χ1) is 8.74. The van der Waals surface area contributed by atoms with Gasteiger partial charge in [-0.1, -0.05) is 62.4 Å². The second-order valence-electron chi connectivity index (χ2n) is 4.79. The molecular formula is C17H20O. The Kier molecular flexibility index (Phi) is 4.16. The topological polar surface area (TPSA) is 20.2 Å². The van der Waals surface area contributed by atoms with Crippen molar-refractivity contribution in [1.82, 2.24) is 0 Å². The van der Waals surface area contributed by atoms with Crippen molar-refractivity contribution in [2.45, 2.75) is 32.8 Å². The molecule has 0 aliphatic rings. The van der Waals surface area contributed by atoms with Gasteiger partial charge in [-0.3, -0.25) is 0 Å². The van der Waals surface area contributed by atoms with Crippen LogP contribution in [0.2, 0.25) is 0 Å². The van der Waals surface area contributed by atoms with E-state index in [2.05, 4.69) is 50.2 Å². The van der Waals surface area contributed by atoms with Crippen LogP contribution in [-0.4, -0.2) is 5.11 Å². The highest BCUT2D eigenvalue weighted by Gasteiger charge is 2.03. The average Bonchev–Trinajstić information content (AvgIpc) is 2.47. The first kappa shape index (κ1) is 12.8. The van der Waals surface area contributed by atoms with Crippen molar-refractivity contribution in [3.8, 4) is 11.1 Å². The van der Waals surface area contributed by atoms with Crippen LogP contribution in [0.5, 0.6) is 0 Å². The molecule has 0 bridgehead atoms. The fourth-order valence-electron chi connectivity index (χ4n) is 2.04. The maximum absolute atomic E-state index is 9.02. The molecule has 18 heavy (non-hydrogen) atoms. The molecule has 94 valence electrons. The Morgan fingerprint density at radius 2 is 1.39 bits per heavy atom. The molecule has 0 heterocycles. The second kappa shape index (κ2) is 5.83. The summed E-state index contributed by atoms with van der Waals surface area (Å²) in [5, 5.41) is 9.02. The number of hydrogen-bond donors (Lipinski definition) is 1. The van der Waals surface area contributed by atoms with Gasteiger partial charge < -0.3 is 5.11 Å². The Bertz CT molecular complexity index is 482. The predicted octanol–water partition coefficient (Wildman–Crippen LogP) is 4.36. The van der Waals surface area contributed by atoms with E-state index in [1.54, 1.807) is 0 Å². The van der Waals surface area contributed by atoms with E-state index in [-0.39, 0.29) is 6.61 Å². The Morgan fingerprint density at radius 3 is 1.83 bits per heavy atom. The number of benzene rings is 2. The van der Waals surface area contributed by atoms with E-state index in [4.69, 9.17) is 5.11 Å². The quantitative estimate of drug-likeness (QED) is 0.842. The normalized spacial score (nSPS) is 12.4. The summed E-state index contributed by atoms with van der Waals surface area (Å²) in [6.07, 6.45) is 1.17. The predicted molar refractivity (Wildman–Crippen MR) is 76.5 cm³/mol. The molecule has 1 nitrogen and oxygen atoms in total. The zero-order chi connectivity index (χ0) is 13.0. The molecule has 0 spiro atoms. The summed E-state index contributed by atoms with van der Waals surface area (Å²) < 4.78 is 0. The smallest absolute Gasteiger partial charge is 0.0681 e. The summed E-state index contributed by atoms with van der Waals surface area (Å²) >= 11 is 0. The van der Waals surface area contributed by atoms with E-state index in [1.807, 2.05) is 12.1 Å². The van der Waals surface area contributed by atoms with Crippen molar-refractivity contribution in [2.75, 3.05) is 0 Å². The van der Waals surface area contributed by atoms with Crippen LogP contribution in [0.25, 0.3) is 11.1 Å². The van der Waals surface area contributed by atoms with Gasteiger partial charge in [0.1, 0.15) is 0 Å². The van der Waals surface area contributed by atoms with E-state index in [0.29, 0.717) is 5.92 Å². The minimum atomic E-state index is 0.104. The van der Waals surface area contributed by atoms with Crippen molar-refractivity contribution in [1.29, 1.82) is 0 Å². The van der Waals surface area contributed by atoms with Crippen LogP contribution in [0.4, 0.5) is 0 Å². The maximum atomic E-state index is 9.02. The highest BCUT2D eigenvalue weighted by molar-refractivity contribution is 5.64. The van der Waals surface area contributed by atoms with Gasteiger partial charge >= 0.3 is 0 Å². The standard InChI is InChI=1S/C17H20O/c1-3-13(2)15-8-10-17(11-9-15)16-6-4-14(12-18)5-7-16/h4-11,13,18H,3,12H2,1-2H3. The third kappa shape index (κ3) is 2.80. The highest BCUT2D eigenvalue weighted by Crippen LogP contribution is 2.24. The largest absolute Gasteiger partial charge is 0.392 e. The van der Waals surface area contributed by atoms with Gasteiger partial charge in [0.2, 0.25) is 0 Å². The molecule has 1 N–H and O–H groups in total. The number of rotatable bonds is 4. The molecule has 1 atom stereocenters. The molecule has 0 fully saturated rings. The van der Waals surface area contributed by atoms with E-state index in [9.17, 15) is 0 Å². The third-order valence-electron chi connectivity index (χ3n) is 3.56. The molecule has 2 aromatic carbocycles. The van der Waals surface area contributed by atoms with Crippen LogP contribution in [0, 0.1) is 0 Å². The van der Waals surface area contributed by atoms with Crippen LogP contribution in [0.15, 0.2) is 48.5 Å². The van der Waals surface area contributed by atoms with Gasteiger partial charge in [-0.2, -0.15) is 0 Å². The lowest BCUT2D eigenvalue weighted by Crippen LogP contribution is -1.90. The van der Waals surface area contributed by atoms with Gasteiger partial charge in [0.25, 0.3) is 0 Å². The Labute approximate surface area is 109 Å². The first-order valence-electron chi connectivity index (χ1n) is 6.54. The molecule has 1 unspecified atom stereocenters. The third-order valence-corrected chi connectivity index (χ3v) is 3.56. The number of hydrogen-bond acceptors (Lipinski definition) is 1. The fraction of sp³-hybridized carbons (Fsp3) is 0.294. The van der Waals surface area contributed by atoms with Gasteiger partial charge in [0.15, 0.2) is 0 Å². The maximum Gasteiger partial charge on any atom is 0.0681 e. The molecule has 0 radical (unpaired) electrons. The van der Waals surface area contributed by atoms with Gasteiger partial charge in [-0.05, 0) is 34.6 Å². The second-order valence-corrected chi connectivity index (χ2v) is 4.79. The molecule has 0 amide bonds. The van der Waals surface area contributed by atoms with Crippen LogP contribution in [0.3, 0.4) is 0 Å². The van der Waals surface area contributed by atoms with E-state index in [0.717, 1.165) is 5.56 Å². The minimum Gasteiger partial charge on any atom is -0.392 e. The lowest BCUT2D eigenvalue weighted by Gasteiger charge is -2.10. The molecule has 0 aliphatic carbocycles. The summed E-state index contributed by atoms with van der Waals surface area (Å²) in [7, 11) is 0. The Balaban J connectivity index is 2.22. The summed E-state index contributed by atoms with van der Waals surface area (Å²) in [5.41, 5.74) is 4.78. The molecule has 2 rings (SSSR count). The summed E-state index contributed by atoms with van der Waals surface area (Å²) in [6, 6.07) is 16.8. The van der Waals surface area contributed by atoms with Crippen molar-refractivity contribution in [2.24, 2.45) is 0 Å². The van der Waals surface area contributed by atoms with Crippen molar-refractivity contribution < 1.29 is 5.11 Å². The van der Waals surface area contributed by atoms with Crippen LogP contribution < -0.4 is 0 Å². The van der Waals surface area contributed by atoms with Crippen molar-refractivity contribution >= 4 is 0 Å². The zero-order valence-electron chi connectivity index (χ0n) is 11.1. The van der Waals surface area contributed by atoms with Gasteiger partial charge in [-0.25, -0.2) is 0 Å². The van der Waals surface area contributed by atoms with E-state index >= 15 is 0 Å². The lowest BCUT2D eigenvalue weighted by molar-refractivity contribution is 0.282. The SMILES string of the molecule is CCC(C)c1ccc(-c2ccc(CO)cc2)cc1. The molecular weight excluding hydrogens is 220 g/mol. The Morgan fingerprint density at radius 1 is 0.889 bits per heavy atom. The van der Waals surface area contributed by atoms with Crippen LogP contribution >= 0.6 is 0 Å². The lowest BCUT2D eigenvalue weighted by atomic mass is 9.96. The zero-order valence-corrected chi connectivity index (χ0v) is 11.1.